The topological polar surface area (TPSA) is 76.9 Å². The Kier molecular flexibility index (Phi) is 9.17. The predicted octanol–water partition coefficient (Wildman–Crippen LogP) is 6.49. The van der Waals surface area contributed by atoms with Crippen molar-refractivity contribution < 1.29 is 31.8 Å². The number of aromatic nitrogens is 2. The number of nitrogens with zero attached hydrogens (tertiary/aromatic N) is 4. The summed E-state index contributed by atoms with van der Waals surface area (Å²) in [6.45, 7) is 4.50. The molecule has 1 saturated carbocycles. The number of fused-ring (bicyclic) bond motifs is 1. The Balaban J connectivity index is 1.34. The van der Waals surface area contributed by atoms with Gasteiger partial charge in [0.2, 0.25) is 0 Å². The Morgan fingerprint density at radius 2 is 1.79 bits per heavy atom. The van der Waals surface area contributed by atoms with E-state index < -0.39 is 29.2 Å². The lowest BCUT2D eigenvalue weighted by atomic mass is 10.1. The normalized spacial score (nSPS) is 17.4. The van der Waals surface area contributed by atoms with Crippen LogP contribution in [-0.4, -0.2) is 63.6 Å². The summed E-state index contributed by atoms with van der Waals surface area (Å²) in [7, 11) is 0. The number of halogens is 5. The van der Waals surface area contributed by atoms with Gasteiger partial charge in [-0.3, -0.25) is 19.1 Å². The average Bonchev–Trinajstić information content (AvgIpc) is 3.86. The van der Waals surface area contributed by atoms with E-state index in [-0.39, 0.29) is 47.7 Å². The smallest absolute Gasteiger partial charge is 0.419 e. The zero-order chi connectivity index (χ0) is 33.5. The van der Waals surface area contributed by atoms with Gasteiger partial charge in [0.05, 0.1) is 34.8 Å². The minimum atomic E-state index is -5.01. The summed E-state index contributed by atoms with van der Waals surface area (Å²) in [6, 6.07) is 14.5. The van der Waals surface area contributed by atoms with Gasteiger partial charge in [-0.25, -0.2) is 9.37 Å². The Bertz CT molecular complexity index is 1840. The zero-order valence-corrected chi connectivity index (χ0v) is 26.5. The highest BCUT2D eigenvalue weighted by atomic mass is 35.5. The minimum Gasteiger partial charge on any atom is -0.489 e. The Morgan fingerprint density at radius 3 is 2.47 bits per heavy atom. The first kappa shape index (κ1) is 32.8. The maximum Gasteiger partial charge on any atom is 0.419 e. The van der Waals surface area contributed by atoms with Crippen LogP contribution in [0.3, 0.4) is 0 Å². The SMILES string of the molecule is CC(C)Oc1cc(F)c(C(F)(F)F)cc1-n1c(CN2CCN(C(=O)COc3ccc(Cl)cc3)CC2C2CC2)nc2ccccc2c1=O. The maximum absolute atomic E-state index is 14.8. The molecule has 1 aromatic heterocycles. The van der Waals surface area contributed by atoms with Crippen molar-refractivity contribution in [3.63, 3.8) is 0 Å². The molecule has 4 aromatic rings. The van der Waals surface area contributed by atoms with Gasteiger partial charge in [0, 0.05) is 36.8 Å². The fraction of sp³-hybridized carbons (Fsp3) is 0.382. The van der Waals surface area contributed by atoms with Gasteiger partial charge in [-0.1, -0.05) is 23.7 Å². The molecule has 8 nitrogen and oxygen atoms in total. The lowest BCUT2D eigenvalue weighted by Gasteiger charge is -2.41. The van der Waals surface area contributed by atoms with Crippen LogP contribution >= 0.6 is 11.6 Å². The minimum absolute atomic E-state index is 0.0783. The zero-order valence-electron chi connectivity index (χ0n) is 25.8. The summed E-state index contributed by atoms with van der Waals surface area (Å²) in [5.74, 6) is -0.886. The molecule has 0 N–H and O–H groups in total. The largest absolute Gasteiger partial charge is 0.489 e. The van der Waals surface area contributed by atoms with Crippen LogP contribution < -0.4 is 15.0 Å². The standard InChI is InChI=1S/C34H33ClF4N4O4/c1-20(2)47-30-16-26(36)25(34(37,38)39)15-28(30)43-31(40-27-6-4-3-5-24(27)33(43)45)18-41-13-14-42(17-29(41)21-7-8-21)32(44)19-46-23-11-9-22(35)10-12-23/h3-6,9-12,15-16,20-21,29H,7-8,13-14,17-19H2,1-2H3. The molecule has 0 radical (unpaired) electrons. The van der Waals surface area contributed by atoms with Gasteiger partial charge in [0.25, 0.3) is 11.5 Å². The van der Waals surface area contributed by atoms with Crippen LogP contribution in [0, 0.1) is 11.7 Å². The van der Waals surface area contributed by atoms with Crippen molar-refractivity contribution in [1.29, 1.82) is 0 Å². The number of amides is 1. The highest BCUT2D eigenvalue weighted by Crippen LogP contribution is 2.39. The molecule has 1 amide bonds. The number of carbonyl (C=O) groups is 1. The van der Waals surface area contributed by atoms with E-state index in [1.54, 1.807) is 67.3 Å². The van der Waals surface area contributed by atoms with E-state index >= 15 is 0 Å². The summed E-state index contributed by atoms with van der Waals surface area (Å²) >= 11 is 5.93. The summed E-state index contributed by atoms with van der Waals surface area (Å²) in [4.78, 5) is 35.8. The fourth-order valence-corrected chi connectivity index (χ4v) is 6.09. The average molecular weight is 673 g/mol. The number of alkyl halides is 3. The number of ether oxygens (including phenoxy) is 2. The van der Waals surface area contributed by atoms with Crippen LogP contribution in [-0.2, 0) is 17.5 Å². The molecule has 2 heterocycles. The molecular formula is C34H33ClF4N4O4. The second-order valence-corrected chi connectivity index (χ2v) is 12.5. The molecule has 2 fully saturated rings. The fourth-order valence-electron chi connectivity index (χ4n) is 5.96. The second kappa shape index (κ2) is 13.2. The van der Waals surface area contributed by atoms with Gasteiger partial charge in [0.1, 0.15) is 23.1 Å². The van der Waals surface area contributed by atoms with Crippen LogP contribution in [0.5, 0.6) is 11.5 Å². The van der Waals surface area contributed by atoms with Crippen LogP contribution in [0.25, 0.3) is 16.6 Å². The Hall–Kier alpha value is -4.16. The Labute approximate surface area is 273 Å². The summed E-state index contributed by atoms with van der Waals surface area (Å²) < 4.78 is 69.2. The number of hydrogen-bond donors (Lipinski definition) is 0. The quantitative estimate of drug-likeness (QED) is 0.189. The predicted molar refractivity (Wildman–Crippen MR) is 169 cm³/mol. The van der Waals surface area contributed by atoms with Crippen molar-refractivity contribution in [1.82, 2.24) is 19.4 Å². The van der Waals surface area contributed by atoms with Crippen LogP contribution in [0.1, 0.15) is 38.1 Å². The summed E-state index contributed by atoms with van der Waals surface area (Å²) in [6.07, 6.45) is -3.62. The van der Waals surface area contributed by atoms with Crippen LogP contribution in [0.15, 0.2) is 65.5 Å². The molecule has 1 saturated heterocycles. The van der Waals surface area contributed by atoms with E-state index in [2.05, 4.69) is 4.90 Å². The van der Waals surface area contributed by atoms with Gasteiger partial charge in [-0.2, -0.15) is 13.2 Å². The number of benzene rings is 3. The lowest BCUT2D eigenvalue weighted by molar-refractivity contribution is -0.140. The summed E-state index contributed by atoms with van der Waals surface area (Å²) in [5.41, 5.74) is -1.99. The van der Waals surface area contributed by atoms with Crippen LogP contribution in [0.2, 0.25) is 5.02 Å². The first-order valence-corrected chi connectivity index (χ1v) is 15.8. The van der Waals surface area contributed by atoms with E-state index in [4.69, 9.17) is 26.1 Å². The number of piperazine rings is 1. The molecule has 3 aromatic carbocycles. The highest BCUT2D eigenvalue weighted by molar-refractivity contribution is 6.30. The number of rotatable bonds is 9. The van der Waals surface area contributed by atoms with Gasteiger partial charge >= 0.3 is 6.18 Å². The number of hydrogen-bond acceptors (Lipinski definition) is 6. The van der Waals surface area contributed by atoms with E-state index in [1.165, 1.54) is 0 Å². The van der Waals surface area contributed by atoms with Crippen molar-refractivity contribution in [2.45, 2.75) is 51.6 Å². The van der Waals surface area contributed by atoms with E-state index in [1.807, 2.05) is 0 Å². The molecule has 1 unspecified atom stereocenters. The van der Waals surface area contributed by atoms with Crippen molar-refractivity contribution >= 4 is 28.4 Å². The monoisotopic (exact) mass is 672 g/mol. The molecule has 0 bridgehead atoms. The van der Waals surface area contributed by atoms with Crippen molar-refractivity contribution in [3.8, 4) is 17.2 Å². The molecule has 6 rings (SSSR count). The molecule has 248 valence electrons. The third-order valence-corrected chi connectivity index (χ3v) is 8.63. The third-order valence-electron chi connectivity index (χ3n) is 8.38. The van der Waals surface area contributed by atoms with Gasteiger partial charge < -0.3 is 14.4 Å². The second-order valence-electron chi connectivity index (χ2n) is 12.1. The molecule has 2 aliphatic rings. The molecule has 1 atom stereocenters. The van der Waals surface area contributed by atoms with Crippen molar-refractivity contribution in [2.75, 3.05) is 26.2 Å². The summed E-state index contributed by atoms with van der Waals surface area (Å²) in [5, 5.41) is 0.752. The molecule has 1 aliphatic heterocycles. The Morgan fingerprint density at radius 1 is 1.06 bits per heavy atom. The number of carbonyl (C=O) groups excluding carboxylic acids is 1. The molecule has 47 heavy (non-hydrogen) atoms. The first-order chi connectivity index (χ1) is 22.4. The van der Waals surface area contributed by atoms with Gasteiger partial charge in [0.15, 0.2) is 6.61 Å². The highest BCUT2D eigenvalue weighted by Gasteiger charge is 2.41. The first-order valence-electron chi connectivity index (χ1n) is 15.4. The van der Waals surface area contributed by atoms with E-state index in [9.17, 15) is 27.2 Å². The van der Waals surface area contributed by atoms with Gasteiger partial charge in [-0.15, -0.1) is 0 Å². The van der Waals surface area contributed by atoms with E-state index in [0.29, 0.717) is 54.0 Å². The molecule has 13 heteroatoms. The van der Waals surface area contributed by atoms with Crippen LogP contribution in [0.4, 0.5) is 17.6 Å². The number of para-hydroxylation sites is 1. The third kappa shape index (κ3) is 7.23. The molecular weight excluding hydrogens is 640 g/mol. The van der Waals surface area contributed by atoms with E-state index in [0.717, 1.165) is 17.4 Å². The molecule has 1 aliphatic carbocycles. The van der Waals surface area contributed by atoms with Crippen molar-refractivity contribution in [2.24, 2.45) is 5.92 Å². The molecule has 0 spiro atoms. The van der Waals surface area contributed by atoms with Crippen molar-refractivity contribution in [3.05, 3.63) is 93.2 Å². The van der Waals surface area contributed by atoms with Gasteiger partial charge in [-0.05, 0) is 75.1 Å². The maximum atomic E-state index is 14.8. The lowest BCUT2D eigenvalue weighted by Crippen LogP contribution is -2.56.